The number of benzene rings is 1. The molecule has 0 saturated carbocycles. The highest BCUT2D eigenvalue weighted by Crippen LogP contribution is 2.30. The van der Waals surface area contributed by atoms with Gasteiger partial charge in [-0.1, -0.05) is 18.2 Å². The van der Waals surface area contributed by atoms with E-state index in [-0.39, 0.29) is 5.84 Å². The predicted molar refractivity (Wildman–Crippen MR) is 79.0 cm³/mol. The second kappa shape index (κ2) is 6.02. The highest BCUT2D eigenvalue weighted by atomic mass is 79.9. The maximum atomic E-state index is 7.50. The number of pyridine rings is 1. The molecule has 92 valence electrons. The summed E-state index contributed by atoms with van der Waals surface area (Å²) in [5, 5.41) is 7.50. The molecule has 1 aromatic carbocycles. The van der Waals surface area contributed by atoms with Crippen LogP contribution in [0.25, 0.3) is 0 Å². The number of nitrogens with two attached hydrogens (primary N) is 1. The highest BCUT2D eigenvalue weighted by molar-refractivity contribution is 9.10. The van der Waals surface area contributed by atoms with Gasteiger partial charge in [0.05, 0.1) is 0 Å². The third-order valence-corrected chi connectivity index (χ3v) is 4.44. The molecule has 0 radical (unpaired) electrons. The highest BCUT2D eigenvalue weighted by Gasteiger charge is 2.07. The van der Waals surface area contributed by atoms with Gasteiger partial charge in [0.15, 0.2) is 0 Å². The van der Waals surface area contributed by atoms with Crippen LogP contribution in [0.15, 0.2) is 52.0 Å². The number of thioether (sulfide) groups is 1. The van der Waals surface area contributed by atoms with Crippen molar-refractivity contribution in [1.29, 1.82) is 5.41 Å². The molecule has 0 fully saturated rings. The lowest BCUT2D eigenvalue weighted by molar-refractivity contribution is 1.19. The Kier molecular flexibility index (Phi) is 4.38. The number of hydrogen-bond donors (Lipinski definition) is 2. The summed E-state index contributed by atoms with van der Waals surface area (Å²) in [5.74, 6) is 0.754. The predicted octanol–water partition coefficient (Wildman–Crippen LogP) is 3.42. The van der Waals surface area contributed by atoms with Gasteiger partial charge in [0.1, 0.15) is 11.5 Å². The zero-order valence-electron chi connectivity index (χ0n) is 9.56. The number of halogens is 1. The Balaban J connectivity index is 2.16. The Morgan fingerprint density at radius 2 is 2.06 bits per heavy atom. The first-order chi connectivity index (χ1) is 8.68. The molecule has 2 aromatic rings. The van der Waals surface area contributed by atoms with Crippen LogP contribution in [0.1, 0.15) is 11.3 Å². The fourth-order valence-corrected chi connectivity index (χ4v) is 3.07. The molecule has 0 bridgehead atoms. The molecule has 0 aliphatic heterocycles. The Morgan fingerprint density at radius 3 is 2.78 bits per heavy atom. The summed E-state index contributed by atoms with van der Waals surface area (Å²) < 4.78 is 1.07. The molecule has 0 aliphatic carbocycles. The van der Waals surface area contributed by atoms with Crippen molar-refractivity contribution in [3.8, 4) is 0 Å². The van der Waals surface area contributed by atoms with Crippen molar-refractivity contribution >= 4 is 33.5 Å². The maximum Gasteiger partial charge on any atom is 0.142 e. The number of nitrogens with one attached hydrogen (secondary N) is 1. The van der Waals surface area contributed by atoms with Crippen molar-refractivity contribution in [2.24, 2.45) is 5.73 Å². The normalized spacial score (nSPS) is 10.3. The van der Waals surface area contributed by atoms with Crippen LogP contribution in [0.2, 0.25) is 0 Å². The summed E-state index contributed by atoms with van der Waals surface area (Å²) in [7, 11) is 0. The largest absolute Gasteiger partial charge is 0.382 e. The Morgan fingerprint density at radius 1 is 1.28 bits per heavy atom. The first-order valence-corrected chi connectivity index (χ1v) is 7.12. The minimum absolute atomic E-state index is 0.0123. The summed E-state index contributed by atoms with van der Waals surface area (Å²) in [6.07, 6.45) is 1.66. The zero-order valence-corrected chi connectivity index (χ0v) is 12.0. The van der Waals surface area contributed by atoms with Crippen LogP contribution >= 0.6 is 27.7 Å². The topological polar surface area (TPSA) is 62.8 Å². The molecule has 0 unspecified atom stereocenters. The molecule has 3 N–H and O–H groups in total. The lowest BCUT2D eigenvalue weighted by atomic mass is 10.2. The molecule has 1 aromatic heterocycles. The van der Waals surface area contributed by atoms with E-state index in [0.29, 0.717) is 5.69 Å². The molecular weight excluding hydrogens is 310 g/mol. The molecule has 0 saturated heterocycles. The van der Waals surface area contributed by atoms with E-state index in [1.807, 2.05) is 30.3 Å². The molecule has 2 rings (SSSR count). The molecule has 5 heteroatoms. The van der Waals surface area contributed by atoms with Gasteiger partial charge in [0, 0.05) is 21.3 Å². The first kappa shape index (κ1) is 13.1. The SMILES string of the molecule is N=C(N)c1ncccc1CSc1ccccc1Br. The fraction of sp³-hybridized carbons (Fsp3) is 0.0769. The average Bonchev–Trinajstić information content (AvgIpc) is 2.38. The number of nitrogen functional groups attached to an aromatic ring is 1. The number of aromatic nitrogens is 1. The van der Waals surface area contributed by atoms with E-state index in [1.165, 1.54) is 0 Å². The van der Waals surface area contributed by atoms with Crippen molar-refractivity contribution in [2.45, 2.75) is 10.6 Å². The Hall–Kier alpha value is -1.33. The van der Waals surface area contributed by atoms with E-state index < -0.39 is 0 Å². The van der Waals surface area contributed by atoms with Crippen LogP contribution in [0.3, 0.4) is 0 Å². The van der Waals surface area contributed by atoms with Crippen LogP contribution in [0, 0.1) is 5.41 Å². The van der Waals surface area contributed by atoms with Crippen molar-refractivity contribution in [2.75, 3.05) is 0 Å². The van der Waals surface area contributed by atoms with E-state index in [1.54, 1.807) is 18.0 Å². The van der Waals surface area contributed by atoms with Crippen molar-refractivity contribution in [3.05, 3.63) is 58.3 Å². The second-order valence-corrected chi connectivity index (χ2v) is 5.52. The second-order valence-electron chi connectivity index (χ2n) is 3.64. The monoisotopic (exact) mass is 321 g/mol. The van der Waals surface area contributed by atoms with Gasteiger partial charge in [0.2, 0.25) is 0 Å². The summed E-state index contributed by atoms with van der Waals surface area (Å²) >= 11 is 5.21. The van der Waals surface area contributed by atoms with Crippen molar-refractivity contribution < 1.29 is 0 Å². The van der Waals surface area contributed by atoms with Gasteiger partial charge in [-0.05, 0) is 39.7 Å². The van der Waals surface area contributed by atoms with Crippen LogP contribution < -0.4 is 5.73 Å². The van der Waals surface area contributed by atoms with Gasteiger partial charge in [0.25, 0.3) is 0 Å². The van der Waals surface area contributed by atoms with Gasteiger partial charge in [-0.25, -0.2) is 0 Å². The smallest absolute Gasteiger partial charge is 0.142 e. The lowest BCUT2D eigenvalue weighted by Crippen LogP contribution is -2.15. The minimum atomic E-state index is 0.0123. The molecule has 3 nitrogen and oxygen atoms in total. The van der Waals surface area contributed by atoms with Gasteiger partial charge < -0.3 is 5.73 Å². The van der Waals surface area contributed by atoms with Crippen molar-refractivity contribution in [1.82, 2.24) is 4.98 Å². The molecule has 18 heavy (non-hydrogen) atoms. The third-order valence-electron chi connectivity index (χ3n) is 2.37. The number of nitrogens with zero attached hydrogens (tertiary/aromatic N) is 1. The molecule has 0 spiro atoms. The standard InChI is InChI=1S/C13H12BrN3S/c14-10-5-1-2-6-11(10)18-8-9-4-3-7-17-12(9)13(15)16/h1-7H,8H2,(H3,15,16). The number of rotatable bonds is 4. The zero-order chi connectivity index (χ0) is 13.0. The lowest BCUT2D eigenvalue weighted by Gasteiger charge is -2.07. The summed E-state index contributed by atoms with van der Waals surface area (Å²) in [6, 6.07) is 11.9. The van der Waals surface area contributed by atoms with Crippen LogP contribution in [-0.4, -0.2) is 10.8 Å². The van der Waals surface area contributed by atoms with E-state index in [9.17, 15) is 0 Å². The van der Waals surface area contributed by atoms with Gasteiger partial charge >= 0.3 is 0 Å². The number of amidine groups is 1. The van der Waals surface area contributed by atoms with Crippen molar-refractivity contribution in [3.63, 3.8) is 0 Å². The Bertz CT molecular complexity index is 572. The molecule has 0 atom stereocenters. The minimum Gasteiger partial charge on any atom is -0.382 e. The molecule has 1 heterocycles. The molecule has 0 amide bonds. The fourth-order valence-electron chi connectivity index (χ4n) is 1.51. The van der Waals surface area contributed by atoms with E-state index in [2.05, 4.69) is 27.0 Å². The van der Waals surface area contributed by atoms with Crippen LogP contribution in [-0.2, 0) is 5.75 Å². The summed E-state index contributed by atoms with van der Waals surface area (Å²) in [6.45, 7) is 0. The van der Waals surface area contributed by atoms with Gasteiger partial charge in [-0.3, -0.25) is 10.4 Å². The van der Waals surface area contributed by atoms with E-state index >= 15 is 0 Å². The summed E-state index contributed by atoms with van der Waals surface area (Å²) in [4.78, 5) is 5.30. The third kappa shape index (κ3) is 3.11. The summed E-state index contributed by atoms with van der Waals surface area (Å²) in [5.41, 5.74) is 7.06. The van der Waals surface area contributed by atoms with Gasteiger partial charge in [-0.15, -0.1) is 11.8 Å². The number of hydrogen-bond acceptors (Lipinski definition) is 3. The molecule has 0 aliphatic rings. The molecular formula is C13H12BrN3S. The van der Waals surface area contributed by atoms with E-state index in [4.69, 9.17) is 11.1 Å². The first-order valence-electron chi connectivity index (χ1n) is 5.34. The van der Waals surface area contributed by atoms with E-state index in [0.717, 1.165) is 20.7 Å². The average molecular weight is 322 g/mol. The quantitative estimate of drug-likeness (QED) is 0.515. The Labute approximate surface area is 118 Å². The van der Waals surface area contributed by atoms with Gasteiger partial charge in [-0.2, -0.15) is 0 Å². The van der Waals surface area contributed by atoms with Crippen LogP contribution in [0.4, 0.5) is 0 Å². The van der Waals surface area contributed by atoms with Crippen LogP contribution in [0.5, 0.6) is 0 Å². The maximum absolute atomic E-state index is 7.50.